The van der Waals surface area contributed by atoms with Gasteiger partial charge in [0.15, 0.2) is 5.65 Å². The van der Waals surface area contributed by atoms with E-state index in [1.54, 1.807) is 0 Å². The van der Waals surface area contributed by atoms with E-state index in [1.165, 1.54) is 43.0 Å². The molecule has 2 saturated heterocycles. The van der Waals surface area contributed by atoms with Gasteiger partial charge in [-0.3, -0.25) is 0 Å². The molecule has 0 aromatic carbocycles. The van der Waals surface area contributed by atoms with E-state index in [9.17, 15) is 0 Å². The third-order valence-corrected chi connectivity index (χ3v) is 5.81. The predicted octanol–water partition coefficient (Wildman–Crippen LogP) is 2.79. The summed E-state index contributed by atoms with van der Waals surface area (Å²) in [4.78, 5) is 9.52. The summed E-state index contributed by atoms with van der Waals surface area (Å²) in [5.41, 5.74) is 2.14. The zero-order valence-electron chi connectivity index (χ0n) is 12.3. The molecule has 0 radical (unpaired) electrons. The van der Waals surface area contributed by atoms with Crippen LogP contribution in [0.4, 0.5) is 0 Å². The van der Waals surface area contributed by atoms with Crippen LogP contribution < -0.4 is 5.32 Å². The predicted molar refractivity (Wildman–Crippen MR) is 87.9 cm³/mol. The van der Waals surface area contributed by atoms with Gasteiger partial charge in [-0.1, -0.05) is 0 Å². The first kappa shape index (κ1) is 13.6. The Kier molecular flexibility index (Phi) is 3.86. The first-order valence-electron chi connectivity index (χ1n) is 8.05. The summed E-state index contributed by atoms with van der Waals surface area (Å²) in [7, 11) is 0. The molecule has 2 atom stereocenters. The average Bonchev–Trinajstić information content (AvgIpc) is 3.15. The van der Waals surface area contributed by atoms with Crippen LogP contribution in [-0.4, -0.2) is 38.6 Å². The van der Waals surface area contributed by atoms with Crippen LogP contribution in [0.15, 0.2) is 18.3 Å². The number of fused-ring (bicyclic) bond motifs is 1. The SMILES string of the molecule is c1cnc2c(c1)nc(CC1CCCN1)n2C1CCCSC1. The van der Waals surface area contributed by atoms with Crippen LogP contribution in [0.25, 0.3) is 11.2 Å². The highest BCUT2D eigenvalue weighted by Gasteiger charge is 2.24. The minimum atomic E-state index is 0.569. The largest absolute Gasteiger partial charge is 0.314 e. The van der Waals surface area contributed by atoms with Gasteiger partial charge < -0.3 is 9.88 Å². The van der Waals surface area contributed by atoms with Crippen molar-refractivity contribution in [1.82, 2.24) is 19.9 Å². The molecule has 2 unspecified atom stereocenters. The van der Waals surface area contributed by atoms with E-state index < -0.39 is 0 Å². The number of thioether (sulfide) groups is 1. The average molecular weight is 302 g/mol. The third kappa shape index (κ3) is 2.69. The molecule has 0 spiro atoms. The normalized spacial score (nSPS) is 26.5. The molecule has 5 heteroatoms. The van der Waals surface area contributed by atoms with E-state index in [1.807, 2.05) is 12.3 Å². The number of rotatable bonds is 3. The zero-order valence-corrected chi connectivity index (χ0v) is 13.1. The molecule has 21 heavy (non-hydrogen) atoms. The van der Waals surface area contributed by atoms with Crippen molar-refractivity contribution in [2.75, 3.05) is 18.1 Å². The Morgan fingerprint density at radius 1 is 1.33 bits per heavy atom. The summed E-state index contributed by atoms with van der Waals surface area (Å²) in [5, 5.41) is 3.60. The summed E-state index contributed by atoms with van der Waals surface area (Å²) >= 11 is 2.07. The molecule has 2 fully saturated rings. The molecule has 0 amide bonds. The van der Waals surface area contributed by atoms with Crippen LogP contribution in [0.2, 0.25) is 0 Å². The number of hydrogen-bond donors (Lipinski definition) is 1. The molecule has 0 saturated carbocycles. The lowest BCUT2D eigenvalue weighted by Crippen LogP contribution is -2.27. The Hall–Kier alpha value is -1.07. The maximum Gasteiger partial charge on any atom is 0.160 e. The van der Waals surface area contributed by atoms with Gasteiger partial charge in [-0.2, -0.15) is 11.8 Å². The summed E-state index contributed by atoms with van der Waals surface area (Å²) in [6, 6.07) is 5.25. The number of hydrogen-bond acceptors (Lipinski definition) is 4. The second-order valence-electron chi connectivity index (χ2n) is 6.11. The van der Waals surface area contributed by atoms with Gasteiger partial charge in [0.05, 0.1) is 0 Å². The number of aromatic nitrogens is 3. The highest BCUT2D eigenvalue weighted by atomic mass is 32.2. The van der Waals surface area contributed by atoms with Crippen LogP contribution in [0.1, 0.15) is 37.5 Å². The quantitative estimate of drug-likeness (QED) is 0.947. The van der Waals surface area contributed by atoms with Crippen LogP contribution in [0, 0.1) is 0 Å². The highest BCUT2D eigenvalue weighted by Crippen LogP contribution is 2.31. The van der Waals surface area contributed by atoms with Crippen molar-refractivity contribution in [3.05, 3.63) is 24.2 Å². The standard InChI is InChI=1S/C16H22N4S/c1-4-12(17-7-1)10-15-19-14-6-2-8-18-16(14)20(15)13-5-3-9-21-11-13/h2,6,8,12-13,17H,1,3-5,7,9-11H2. The third-order valence-electron chi connectivity index (χ3n) is 4.61. The number of nitrogens with one attached hydrogen (secondary N) is 1. The van der Waals surface area contributed by atoms with Gasteiger partial charge in [0.1, 0.15) is 11.3 Å². The first-order valence-corrected chi connectivity index (χ1v) is 9.20. The molecular weight excluding hydrogens is 280 g/mol. The fourth-order valence-electron chi connectivity index (χ4n) is 3.58. The van der Waals surface area contributed by atoms with E-state index in [0.29, 0.717) is 12.1 Å². The summed E-state index contributed by atoms with van der Waals surface area (Å²) in [6.07, 6.45) is 8.08. The molecule has 0 bridgehead atoms. The Morgan fingerprint density at radius 3 is 3.14 bits per heavy atom. The molecule has 1 N–H and O–H groups in total. The molecule has 2 aromatic heterocycles. The molecule has 4 rings (SSSR count). The summed E-state index contributed by atoms with van der Waals surface area (Å²) in [6.45, 7) is 1.16. The Morgan fingerprint density at radius 2 is 2.33 bits per heavy atom. The van der Waals surface area contributed by atoms with Crippen molar-refractivity contribution >= 4 is 22.9 Å². The molecule has 2 aliphatic heterocycles. The van der Waals surface area contributed by atoms with Crippen LogP contribution in [0.3, 0.4) is 0 Å². The summed E-state index contributed by atoms with van der Waals surface area (Å²) < 4.78 is 2.45. The second kappa shape index (κ2) is 5.97. The Bertz CT molecular complexity index is 612. The van der Waals surface area contributed by atoms with Crippen molar-refractivity contribution in [3.8, 4) is 0 Å². The number of imidazole rings is 1. The molecule has 0 aliphatic carbocycles. The Balaban J connectivity index is 1.72. The first-order chi connectivity index (χ1) is 10.4. The van der Waals surface area contributed by atoms with E-state index >= 15 is 0 Å². The highest BCUT2D eigenvalue weighted by molar-refractivity contribution is 7.99. The van der Waals surface area contributed by atoms with Gasteiger partial charge in [-0.15, -0.1) is 0 Å². The molecule has 112 valence electrons. The molecule has 4 heterocycles. The van der Waals surface area contributed by atoms with E-state index in [0.717, 1.165) is 24.1 Å². The van der Waals surface area contributed by atoms with Crippen LogP contribution in [0.5, 0.6) is 0 Å². The van der Waals surface area contributed by atoms with Crippen molar-refractivity contribution in [1.29, 1.82) is 0 Å². The molecule has 2 aromatic rings. The maximum absolute atomic E-state index is 4.90. The number of nitrogens with zero attached hydrogens (tertiary/aromatic N) is 3. The van der Waals surface area contributed by atoms with Gasteiger partial charge in [0.25, 0.3) is 0 Å². The van der Waals surface area contributed by atoms with E-state index in [-0.39, 0.29) is 0 Å². The van der Waals surface area contributed by atoms with Crippen molar-refractivity contribution in [3.63, 3.8) is 0 Å². The van der Waals surface area contributed by atoms with Crippen molar-refractivity contribution < 1.29 is 0 Å². The topological polar surface area (TPSA) is 42.7 Å². The van der Waals surface area contributed by atoms with E-state index in [4.69, 9.17) is 4.98 Å². The molecular formula is C16H22N4S. The number of pyridine rings is 1. The second-order valence-corrected chi connectivity index (χ2v) is 7.26. The minimum absolute atomic E-state index is 0.569. The van der Waals surface area contributed by atoms with Crippen LogP contribution in [-0.2, 0) is 6.42 Å². The monoisotopic (exact) mass is 302 g/mol. The lowest BCUT2D eigenvalue weighted by molar-refractivity contribution is 0.474. The van der Waals surface area contributed by atoms with Gasteiger partial charge in [0.2, 0.25) is 0 Å². The van der Waals surface area contributed by atoms with Gasteiger partial charge >= 0.3 is 0 Å². The smallest absolute Gasteiger partial charge is 0.160 e. The lowest BCUT2D eigenvalue weighted by Gasteiger charge is -2.25. The van der Waals surface area contributed by atoms with Gasteiger partial charge in [-0.05, 0) is 50.1 Å². The molecule has 4 nitrogen and oxygen atoms in total. The van der Waals surface area contributed by atoms with Gasteiger partial charge in [0, 0.05) is 30.5 Å². The fourth-order valence-corrected chi connectivity index (χ4v) is 4.71. The van der Waals surface area contributed by atoms with E-state index in [2.05, 4.69) is 32.7 Å². The van der Waals surface area contributed by atoms with Crippen molar-refractivity contribution in [2.24, 2.45) is 0 Å². The maximum atomic E-state index is 4.90. The Labute approximate surface area is 129 Å². The molecule has 2 aliphatic rings. The zero-order chi connectivity index (χ0) is 14.1. The summed E-state index contributed by atoms with van der Waals surface area (Å²) in [5.74, 6) is 3.74. The lowest BCUT2D eigenvalue weighted by atomic mass is 10.1. The van der Waals surface area contributed by atoms with Crippen LogP contribution >= 0.6 is 11.8 Å². The minimum Gasteiger partial charge on any atom is -0.314 e. The van der Waals surface area contributed by atoms with Gasteiger partial charge in [-0.25, -0.2) is 9.97 Å². The fraction of sp³-hybridized carbons (Fsp3) is 0.625. The van der Waals surface area contributed by atoms with Crippen molar-refractivity contribution in [2.45, 2.75) is 44.2 Å².